The normalized spacial score (nSPS) is 13.0. The van der Waals surface area contributed by atoms with Gasteiger partial charge in [0.05, 0.1) is 21.0 Å². The standard InChI is InChI=1S/C19H14Cl2F9N5S/c1-2-36-5-3-4-31-15-11-13(18(25,26)27)32-16(19(28,29)30)33-14(11)34-35(15)12-9(20)6-8(7-10(12)21)17(22,23)24/h6-7,31H,2-5H2,1H3. The van der Waals surface area contributed by atoms with Crippen molar-refractivity contribution in [2.24, 2.45) is 0 Å². The Hall–Kier alpha value is -2.13. The molecular weight excluding hydrogens is 572 g/mol. The van der Waals surface area contributed by atoms with E-state index in [-0.39, 0.29) is 6.54 Å². The van der Waals surface area contributed by atoms with Crippen molar-refractivity contribution in [1.82, 2.24) is 19.7 Å². The largest absolute Gasteiger partial charge is 0.451 e. The maximum atomic E-state index is 13.8. The Kier molecular flexibility index (Phi) is 8.16. The maximum absolute atomic E-state index is 13.8. The molecule has 198 valence electrons. The molecule has 1 aromatic carbocycles. The number of hydrogen-bond donors (Lipinski definition) is 1. The average molecular weight is 586 g/mol. The van der Waals surface area contributed by atoms with Crippen LogP contribution in [-0.4, -0.2) is 37.8 Å². The number of nitrogens with zero attached hydrogens (tertiary/aromatic N) is 4. The quantitative estimate of drug-likeness (QED) is 0.227. The summed E-state index contributed by atoms with van der Waals surface area (Å²) in [5.74, 6) is -1.26. The Labute approximate surface area is 211 Å². The van der Waals surface area contributed by atoms with Crippen LogP contribution in [0.1, 0.15) is 30.4 Å². The van der Waals surface area contributed by atoms with E-state index in [0.717, 1.165) is 5.75 Å². The molecule has 0 atom stereocenters. The van der Waals surface area contributed by atoms with E-state index < -0.39 is 68.2 Å². The monoisotopic (exact) mass is 585 g/mol. The maximum Gasteiger partial charge on any atom is 0.451 e. The first kappa shape index (κ1) is 28.4. The summed E-state index contributed by atoms with van der Waals surface area (Å²) in [5, 5.41) is 4.11. The topological polar surface area (TPSA) is 55.6 Å². The lowest BCUT2D eigenvalue weighted by Gasteiger charge is -2.16. The molecule has 3 rings (SSSR count). The Bertz CT molecular complexity index is 1230. The van der Waals surface area contributed by atoms with Crippen LogP contribution in [0.25, 0.3) is 16.7 Å². The molecule has 36 heavy (non-hydrogen) atoms. The van der Waals surface area contributed by atoms with Crippen molar-refractivity contribution in [3.63, 3.8) is 0 Å². The molecule has 5 nitrogen and oxygen atoms in total. The highest BCUT2D eigenvalue weighted by molar-refractivity contribution is 7.99. The van der Waals surface area contributed by atoms with Crippen molar-refractivity contribution in [2.75, 3.05) is 23.4 Å². The van der Waals surface area contributed by atoms with E-state index in [1.807, 2.05) is 6.92 Å². The van der Waals surface area contributed by atoms with E-state index in [9.17, 15) is 39.5 Å². The summed E-state index contributed by atoms with van der Waals surface area (Å²) in [7, 11) is 0. The number of thioether (sulfide) groups is 1. The zero-order valence-corrected chi connectivity index (χ0v) is 20.2. The smallest absolute Gasteiger partial charge is 0.369 e. The van der Waals surface area contributed by atoms with Crippen LogP contribution < -0.4 is 5.32 Å². The molecule has 2 aromatic heterocycles. The Morgan fingerprint density at radius 1 is 0.917 bits per heavy atom. The van der Waals surface area contributed by atoms with Gasteiger partial charge in [0, 0.05) is 6.54 Å². The van der Waals surface area contributed by atoms with Gasteiger partial charge in [-0.1, -0.05) is 30.1 Å². The summed E-state index contributed by atoms with van der Waals surface area (Å²) in [6, 6.07) is 0.933. The predicted molar refractivity (Wildman–Crippen MR) is 118 cm³/mol. The fourth-order valence-corrected chi connectivity index (χ4v) is 4.39. The molecule has 1 N–H and O–H groups in total. The van der Waals surface area contributed by atoms with Crippen molar-refractivity contribution < 1.29 is 39.5 Å². The fourth-order valence-electron chi connectivity index (χ4n) is 3.10. The molecule has 0 aliphatic heterocycles. The third-order valence-electron chi connectivity index (χ3n) is 4.57. The molecule has 0 spiro atoms. The molecule has 2 heterocycles. The lowest BCUT2D eigenvalue weighted by atomic mass is 10.2. The van der Waals surface area contributed by atoms with Crippen LogP contribution in [-0.2, 0) is 18.5 Å². The lowest BCUT2D eigenvalue weighted by molar-refractivity contribution is -0.151. The lowest BCUT2D eigenvalue weighted by Crippen LogP contribution is -2.18. The van der Waals surface area contributed by atoms with Gasteiger partial charge in [-0.05, 0) is 30.1 Å². The molecule has 17 heteroatoms. The van der Waals surface area contributed by atoms with E-state index in [1.165, 1.54) is 11.8 Å². The zero-order chi connectivity index (χ0) is 27.1. The van der Waals surface area contributed by atoms with E-state index in [0.29, 0.717) is 29.0 Å². The number of nitrogens with one attached hydrogen (secondary N) is 1. The molecule has 0 fully saturated rings. The Balaban J connectivity index is 2.32. The molecule has 0 unspecified atom stereocenters. The van der Waals surface area contributed by atoms with Crippen molar-refractivity contribution >= 4 is 51.8 Å². The van der Waals surface area contributed by atoms with Crippen molar-refractivity contribution in [2.45, 2.75) is 31.9 Å². The van der Waals surface area contributed by atoms with E-state index in [2.05, 4.69) is 20.4 Å². The van der Waals surface area contributed by atoms with Crippen molar-refractivity contribution in [3.05, 3.63) is 39.3 Å². The first-order valence-corrected chi connectivity index (χ1v) is 11.8. The first-order valence-electron chi connectivity index (χ1n) is 9.89. The highest BCUT2D eigenvalue weighted by Crippen LogP contribution is 2.43. The molecule has 3 aromatic rings. The van der Waals surface area contributed by atoms with Crippen LogP contribution in [0.2, 0.25) is 10.0 Å². The summed E-state index contributed by atoms with van der Waals surface area (Å²) < 4.78 is 121. The van der Waals surface area contributed by atoms with Crippen LogP contribution in [0.15, 0.2) is 12.1 Å². The molecule has 0 bridgehead atoms. The summed E-state index contributed by atoms with van der Waals surface area (Å²) in [6.45, 7) is 1.92. The second-order valence-corrected chi connectivity index (χ2v) is 9.32. The summed E-state index contributed by atoms with van der Waals surface area (Å²) >= 11 is 13.5. The Morgan fingerprint density at radius 3 is 2.03 bits per heavy atom. The summed E-state index contributed by atoms with van der Waals surface area (Å²) in [6.07, 6.45) is -15.1. The average Bonchev–Trinajstić information content (AvgIpc) is 3.08. The third kappa shape index (κ3) is 6.05. The predicted octanol–water partition coefficient (Wildman–Crippen LogP) is 7.73. The van der Waals surface area contributed by atoms with Gasteiger partial charge in [-0.15, -0.1) is 5.10 Å². The molecule has 0 aliphatic rings. The van der Waals surface area contributed by atoms with Crippen molar-refractivity contribution in [3.8, 4) is 5.69 Å². The molecule has 0 aliphatic carbocycles. The third-order valence-corrected chi connectivity index (χ3v) is 6.14. The number of rotatable bonds is 7. The van der Waals surface area contributed by atoms with E-state index >= 15 is 0 Å². The highest BCUT2D eigenvalue weighted by atomic mass is 35.5. The van der Waals surface area contributed by atoms with Crippen LogP contribution >= 0.6 is 35.0 Å². The number of alkyl halides is 9. The zero-order valence-electron chi connectivity index (χ0n) is 17.8. The van der Waals surface area contributed by atoms with Gasteiger partial charge in [0.25, 0.3) is 0 Å². The van der Waals surface area contributed by atoms with Gasteiger partial charge in [0.2, 0.25) is 5.82 Å². The minimum absolute atomic E-state index is 0.0297. The van der Waals surface area contributed by atoms with Crippen LogP contribution in [0.5, 0.6) is 0 Å². The second kappa shape index (κ2) is 10.3. The minimum atomic E-state index is -5.36. The number of aromatic nitrogens is 4. The van der Waals surface area contributed by atoms with Gasteiger partial charge in [-0.3, -0.25) is 0 Å². The fraction of sp³-hybridized carbons (Fsp3) is 0.421. The number of anilines is 1. The van der Waals surface area contributed by atoms with Crippen LogP contribution in [0.3, 0.4) is 0 Å². The minimum Gasteiger partial charge on any atom is -0.369 e. The van der Waals surface area contributed by atoms with Crippen molar-refractivity contribution in [1.29, 1.82) is 0 Å². The molecule has 0 saturated heterocycles. The molecular formula is C19H14Cl2F9N5S. The summed E-state index contributed by atoms with van der Waals surface area (Å²) in [4.78, 5) is 5.81. The first-order chi connectivity index (χ1) is 16.6. The highest BCUT2D eigenvalue weighted by Gasteiger charge is 2.43. The molecule has 0 radical (unpaired) electrons. The molecule has 0 amide bonds. The molecule has 0 saturated carbocycles. The van der Waals surface area contributed by atoms with E-state index in [4.69, 9.17) is 23.2 Å². The SMILES string of the molecule is CCSCCCNc1c2c(C(F)(F)F)nc(C(F)(F)F)nc2nn1-c1c(Cl)cc(C(F)(F)F)cc1Cl. The number of fused-ring (bicyclic) bond motifs is 1. The van der Waals surface area contributed by atoms with Gasteiger partial charge < -0.3 is 5.32 Å². The van der Waals surface area contributed by atoms with Crippen LogP contribution in [0, 0.1) is 0 Å². The van der Waals surface area contributed by atoms with Gasteiger partial charge in [0.15, 0.2) is 11.3 Å². The number of hydrogen-bond acceptors (Lipinski definition) is 5. The van der Waals surface area contributed by atoms with Gasteiger partial charge in [-0.2, -0.15) is 51.3 Å². The van der Waals surface area contributed by atoms with Gasteiger partial charge in [0.1, 0.15) is 11.5 Å². The van der Waals surface area contributed by atoms with E-state index in [1.54, 1.807) is 0 Å². The number of benzene rings is 1. The second-order valence-electron chi connectivity index (χ2n) is 7.11. The van der Waals surface area contributed by atoms with Crippen LogP contribution in [0.4, 0.5) is 45.3 Å². The summed E-state index contributed by atoms with van der Waals surface area (Å²) in [5.41, 5.74) is -4.69. The number of halogens is 11. The van der Waals surface area contributed by atoms with Gasteiger partial charge >= 0.3 is 18.5 Å². The Morgan fingerprint density at radius 2 is 1.53 bits per heavy atom. The van der Waals surface area contributed by atoms with Gasteiger partial charge in [-0.25, -0.2) is 14.6 Å².